The van der Waals surface area contributed by atoms with Crippen molar-refractivity contribution in [3.8, 4) is 28.4 Å². The topological polar surface area (TPSA) is 69.7 Å². The van der Waals surface area contributed by atoms with E-state index in [0.717, 1.165) is 0 Å². The predicted molar refractivity (Wildman–Crippen MR) is 109 cm³/mol. The Hall–Kier alpha value is -3.25. The standard InChI is InChI=1S/C21H19ClN2O4/c1-26-17-10-16(18(22)20(28-3)19(17)27-2)13-9-14(12-23-11-13)21(25)24-15-7-5-4-6-8-15/h4-12H,1-3H3,(H,24,25). The van der Waals surface area contributed by atoms with Crippen LogP contribution in [0.15, 0.2) is 54.9 Å². The van der Waals surface area contributed by atoms with E-state index < -0.39 is 0 Å². The molecule has 3 aromatic rings. The van der Waals surface area contributed by atoms with E-state index in [0.29, 0.717) is 44.6 Å². The van der Waals surface area contributed by atoms with E-state index in [1.54, 1.807) is 18.3 Å². The quantitative estimate of drug-likeness (QED) is 0.652. The van der Waals surface area contributed by atoms with Crippen LogP contribution in [-0.4, -0.2) is 32.2 Å². The molecule has 0 aliphatic rings. The highest BCUT2D eigenvalue weighted by Gasteiger charge is 2.21. The van der Waals surface area contributed by atoms with Gasteiger partial charge in [0.1, 0.15) is 0 Å². The van der Waals surface area contributed by atoms with Crippen LogP contribution in [0.4, 0.5) is 5.69 Å². The van der Waals surface area contributed by atoms with Gasteiger partial charge in [-0.15, -0.1) is 0 Å². The monoisotopic (exact) mass is 398 g/mol. The number of amides is 1. The van der Waals surface area contributed by atoms with Crippen LogP contribution < -0.4 is 19.5 Å². The second-order valence-electron chi connectivity index (χ2n) is 5.79. The SMILES string of the molecule is COc1cc(-c2cncc(C(=O)Nc3ccccc3)c2)c(Cl)c(OC)c1OC. The lowest BCUT2D eigenvalue weighted by Crippen LogP contribution is -2.12. The number of carbonyl (C=O) groups is 1. The minimum atomic E-state index is -0.274. The fourth-order valence-corrected chi connectivity index (χ4v) is 3.09. The molecule has 1 aromatic heterocycles. The van der Waals surface area contributed by atoms with Crippen LogP contribution in [0, 0.1) is 0 Å². The Bertz CT molecular complexity index is 993. The van der Waals surface area contributed by atoms with Gasteiger partial charge in [-0.25, -0.2) is 0 Å². The highest BCUT2D eigenvalue weighted by molar-refractivity contribution is 6.35. The maximum absolute atomic E-state index is 12.6. The van der Waals surface area contributed by atoms with Gasteiger partial charge in [-0.1, -0.05) is 29.8 Å². The summed E-state index contributed by atoms with van der Waals surface area (Å²) in [5, 5.41) is 3.17. The summed E-state index contributed by atoms with van der Waals surface area (Å²) in [5.74, 6) is 0.921. The van der Waals surface area contributed by atoms with E-state index in [-0.39, 0.29) is 5.91 Å². The number of pyridine rings is 1. The number of halogens is 1. The third-order valence-corrected chi connectivity index (χ3v) is 4.49. The number of anilines is 1. The number of nitrogens with zero attached hydrogens (tertiary/aromatic N) is 1. The van der Waals surface area contributed by atoms with Crippen LogP contribution in [0.25, 0.3) is 11.1 Å². The highest BCUT2D eigenvalue weighted by Crippen LogP contribution is 2.47. The number of nitrogens with one attached hydrogen (secondary N) is 1. The van der Waals surface area contributed by atoms with Crippen LogP contribution in [0.5, 0.6) is 17.2 Å². The van der Waals surface area contributed by atoms with Gasteiger partial charge in [0, 0.05) is 29.2 Å². The van der Waals surface area contributed by atoms with Crippen LogP contribution in [0.1, 0.15) is 10.4 Å². The summed E-state index contributed by atoms with van der Waals surface area (Å²) in [6, 6.07) is 12.6. The summed E-state index contributed by atoms with van der Waals surface area (Å²) in [6.45, 7) is 0. The molecule has 0 spiro atoms. The number of aromatic nitrogens is 1. The fraction of sp³-hybridized carbons (Fsp3) is 0.143. The van der Waals surface area contributed by atoms with E-state index in [1.165, 1.54) is 27.5 Å². The van der Waals surface area contributed by atoms with Gasteiger partial charge in [0.05, 0.1) is 31.9 Å². The maximum Gasteiger partial charge on any atom is 0.257 e. The van der Waals surface area contributed by atoms with Gasteiger partial charge in [0.2, 0.25) is 5.75 Å². The first kappa shape index (κ1) is 19.5. The first-order chi connectivity index (χ1) is 13.6. The fourth-order valence-electron chi connectivity index (χ4n) is 2.77. The Labute approximate surface area is 168 Å². The zero-order valence-electron chi connectivity index (χ0n) is 15.7. The Kier molecular flexibility index (Phi) is 6.01. The minimum Gasteiger partial charge on any atom is -0.493 e. The molecule has 2 aromatic carbocycles. The minimum absolute atomic E-state index is 0.274. The molecule has 0 aliphatic heterocycles. The van der Waals surface area contributed by atoms with Gasteiger partial charge in [0.25, 0.3) is 5.91 Å². The average molecular weight is 399 g/mol. The van der Waals surface area contributed by atoms with Gasteiger partial charge < -0.3 is 19.5 Å². The molecule has 1 amide bonds. The molecule has 0 atom stereocenters. The zero-order valence-corrected chi connectivity index (χ0v) is 16.4. The molecular formula is C21H19ClN2O4. The zero-order chi connectivity index (χ0) is 20.1. The first-order valence-corrected chi connectivity index (χ1v) is 8.77. The number of ether oxygens (including phenoxy) is 3. The van der Waals surface area contributed by atoms with Crippen LogP contribution in [0.3, 0.4) is 0 Å². The smallest absolute Gasteiger partial charge is 0.257 e. The molecule has 0 saturated heterocycles. The van der Waals surface area contributed by atoms with Gasteiger partial charge in [-0.05, 0) is 24.3 Å². The highest BCUT2D eigenvalue weighted by atomic mass is 35.5. The van der Waals surface area contributed by atoms with Crippen molar-refractivity contribution in [2.24, 2.45) is 0 Å². The molecule has 1 N–H and O–H groups in total. The number of rotatable bonds is 6. The van der Waals surface area contributed by atoms with Crippen molar-refractivity contribution >= 4 is 23.2 Å². The summed E-state index contributed by atoms with van der Waals surface area (Å²) < 4.78 is 16.1. The molecule has 0 unspecified atom stereocenters. The molecule has 6 nitrogen and oxygen atoms in total. The van der Waals surface area contributed by atoms with E-state index in [2.05, 4.69) is 10.3 Å². The molecule has 0 bridgehead atoms. The molecule has 7 heteroatoms. The predicted octanol–water partition coefficient (Wildman–Crippen LogP) is 4.68. The average Bonchev–Trinajstić information content (AvgIpc) is 2.74. The third kappa shape index (κ3) is 3.87. The van der Waals surface area contributed by atoms with E-state index in [4.69, 9.17) is 25.8 Å². The summed E-state index contributed by atoms with van der Waals surface area (Å²) in [7, 11) is 4.53. The van der Waals surface area contributed by atoms with Crippen molar-refractivity contribution in [3.05, 3.63) is 65.4 Å². The number of carbonyl (C=O) groups excluding carboxylic acids is 1. The molecule has 144 valence electrons. The molecule has 28 heavy (non-hydrogen) atoms. The van der Waals surface area contributed by atoms with Crippen molar-refractivity contribution in [1.29, 1.82) is 0 Å². The number of benzene rings is 2. The van der Waals surface area contributed by atoms with Crippen LogP contribution >= 0.6 is 11.6 Å². The second-order valence-corrected chi connectivity index (χ2v) is 6.17. The van der Waals surface area contributed by atoms with Crippen molar-refractivity contribution in [2.75, 3.05) is 26.6 Å². The maximum atomic E-state index is 12.6. The second kappa shape index (κ2) is 8.63. The number of hydrogen-bond acceptors (Lipinski definition) is 5. The molecule has 0 fully saturated rings. The van der Waals surface area contributed by atoms with Gasteiger partial charge in [0.15, 0.2) is 11.5 Å². The Morgan fingerprint density at radius 3 is 2.32 bits per heavy atom. The Morgan fingerprint density at radius 2 is 1.68 bits per heavy atom. The van der Waals surface area contributed by atoms with Crippen molar-refractivity contribution in [2.45, 2.75) is 0 Å². The third-order valence-electron chi connectivity index (χ3n) is 4.11. The molecule has 1 heterocycles. The van der Waals surface area contributed by atoms with E-state index in [9.17, 15) is 4.79 Å². The molecular weight excluding hydrogens is 380 g/mol. The molecule has 0 saturated carbocycles. The number of para-hydroxylation sites is 1. The van der Waals surface area contributed by atoms with Gasteiger partial charge in [-0.2, -0.15) is 0 Å². The largest absolute Gasteiger partial charge is 0.493 e. The van der Waals surface area contributed by atoms with E-state index in [1.807, 2.05) is 30.3 Å². The lowest BCUT2D eigenvalue weighted by molar-refractivity contribution is 0.102. The van der Waals surface area contributed by atoms with E-state index >= 15 is 0 Å². The van der Waals surface area contributed by atoms with Crippen molar-refractivity contribution < 1.29 is 19.0 Å². The molecule has 0 aliphatic carbocycles. The lowest BCUT2D eigenvalue weighted by Gasteiger charge is -2.16. The van der Waals surface area contributed by atoms with Crippen LogP contribution in [0.2, 0.25) is 5.02 Å². The normalized spacial score (nSPS) is 10.3. The van der Waals surface area contributed by atoms with Crippen molar-refractivity contribution in [1.82, 2.24) is 4.98 Å². The summed E-state index contributed by atoms with van der Waals surface area (Å²) in [6.07, 6.45) is 3.11. The van der Waals surface area contributed by atoms with Gasteiger partial charge in [-0.3, -0.25) is 9.78 Å². The summed E-state index contributed by atoms with van der Waals surface area (Å²) in [5.41, 5.74) is 2.35. The summed E-state index contributed by atoms with van der Waals surface area (Å²) in [4.78, 5) is 16.8. The summed E-state index contributed by atoms with van der Waals surface area (Å²) >= 11 is 6.53. The molecule has 3 rings (SSSR count). The molecule has 0 radical (unpaired) electrons. The van der Waals surface area contributed by atoms with Gasteiger partial charge >= 0.3 is 0 Å². The first-order valence-electron chi connectivity index (χ1n) is 8.39. The van der Waals surface area contributed by atoms with Crippen molar-refractivity contribution in [3.63, 3.8) is 0 Å². The number of hydrogen-bond donors (Lipinski definition) is 1. The Balaban J connectivity index is 2.01. The Morgan fingerprint density at radius 1 is 0.964 bits per heavy atom. The van der Waals surface area contributed by atoms with Crippen LogP contribution in [-0.2, 0) is 0 Å². The number of methoxy groups -OCH3 is 3. The lowest BCUT2D eigenvalue weighted by atomic mass is 10.0.